The summed E-state index contributed by atoms with van der Waals surface area (Å²) in [5.74, 6) is -2.87. The van der Waals surface area contributed by atoms with Gasteiger partial charge in [-0.05, 0) is 17.5 Å². The van der Waals surface area contributed by atoms with Crippen LogP contribution in [0.3, 0.4) is 0 Å². The van der Waals surface area contributed by atoms with Crippen molar-refractivity contribution in [3.8, 4) is 0 Å². The number of hydrogen-bond acceptors (Lipinski definition) is 1. The number of unbranched alkanes of at least 4 members (excludes halogenated alkanes) is 3. The second kappa shape index (κ2) is 9.53. The lowest BCUT2D eigenvalue weighted by molar-refractivity contribution is -0.151. The molecule has 0 heterocycles. The number of rotatable bonds is 10. The maximum absolute atomic E-state index is 14.8. The van der Waals surface area contributed by atoms with E-state index in [0.717, 1.165) is 24.8 Å². The van der Waals surface area contributed by atoms with Crippen molar-refractivity contribution >= 4 is 0 Å². The zero-order valence-electron chi connectivity index (χ0n) is 14.3. The Morgan fingerprint density at radius 2 is 1.50 bits per heavy atom. The molecule has 0 aliphatic heterocycles. The number of halogens is 2. The third-order valence-electron chi connectivity index (χ3n) is 4.11. The Hall–Kier alpha value is -1.74. The largest absolute Gasteiger partial charge is 0.363 e. The van der Waals surface area contributed by atoms with Crippen LogP contribution >= 0.6 is 0 Å². The molecule has 24 heavy (non-hydrogen) atoms. The van der Waals surface area contributed by atoms with Crippen LogP contribution in [-0.4, -0.2) is 5.92 Å². The van der Waals surface area contributed by atoms with Crippen molar-refractivity contribution in [3.63, 3.8) is 0 Å². The Morgan fingerprint density at radius 3 is 2.12 bits per heavy atom. The molecule has 0 saturated carbocycles. The molecule has 0 saturated heterocycles. The van der Waals surface area contributed by atoms with E-state index < -0.39 is 12.0 Å². The van der Waals surface area contributed by atoms with Crippen molar-refractivity contribution in [1.82, 2.24) is 0 Å². The minimum absolute atomic E-state index is 0.138. The molecule has 0 fully saturated rings. The summed E-state index contributed by atoms with van der Waals surface area (Å²) in [6.45, 7) is 2.26. The van der Waals surface area contributed by atoms with E-state index in [0.29, 0.717) is 12.0 Å². The van der Waals surface area contributed by atoms with E-state index in [-0.39, 0.29) is 13.0 Å². The average molecular weight is 332 g/mol. The summed E-state index contributed by atoms with van der Waals surface area (Å²) in [4.78, 5) is 0. The van der Waals surface area contributed by atoms with Gasteiger partial charge in [0.15, 0.2) is 0 Å². The van der Waals surface area contributed by atoms with Crippen LogP contribution < -0.4 is 0 Å². The van der Waals surface area contributed by atoms with E-state index in [4.69, 9.17) is 4.74 Å². The summed E-state index contributed by atoms with van der Waals surface area (Å²) in [5.41, 5.74) is 1.44. The first-order chi connectivity index (χ1) is 11.6. The molecule has 2 aromatic carbocycles. The van der Waals surface area contributed by atoms with Gasteiger partial charge in [0.05, 0.1) is 6.61 Å². The van der Waals surface area contributed by atoms with Crippen LogP contribution in [0.5, 0.6) is 0 Å². The van der Waals surface area contributed by atoms with E-state index >= 15 is 0 Å². The minimum Gasteiger partial charge on any atom is -0.363 e. The average Bonchev–Trinajstić information content (AvgIpc) is 2.61. The highest BCUT2D eigenvalue weighted by molar-refractivity contribution is 5.20. The van der Waals surface area contributed by atoms with E-state index in [1.807, 2.05) is 36.4 Å². The molecule has 0 amide bonds. The van der Waals surface area contributed by atoms with Crippen molar-refractivity contribution in [1.29, 1.82) is 0 Å². The molecule has 0 aliphatic rings. The van der Waals surface area contributed by atoms with E-state index in [1.165, 1.54) is 0 Å². The topological polar surface area (TPSA) is 9.23 Å². The van der Waals surface area contributed by atoms with Crippen LogP contribution in [0, 0.1) is 0 Å². The van der Waals surface area contributed by atoms with Crippen LogP contribution in [-0.2, 0) is 11.3 Å². The molecule has 2 rings (SSSR count). The highest BCUT2D eigenvalue weighted by atomic mass is 19.3. The van der Waals surface area contributed by atoms with Gasteiger partial charge in [0.25, 0.3) is 5.92 Å². The highest BCUT2D eigenvalue weighted by Crippen LogP contribution is 2.39. The lowest BCUT2D eigenvalue weighted by Crippen LogP contribution is -2.28. The summed E-state index contributed by atoms with van der Waals surface area (Å²) in [7, 11) is 0. The Balaban J connectivity index is 2.07. The van der Waals surface area contributed by atoms with Gasteiger partial charge in [-0.1, -0.05) is 86.8 Å². The Kier molecular flexibility index (Phi) is 7.38. The highest BCUT2D eigenvalue weighted by Gasteiger charge is 2.40. The zero-order valence-corrected chi connectivity index (χ0v) is 14.3. The Morgan fingerprint density at radius 1 is 0.875 bits per heavy atom. The third-order valence-corrected chi connectivity index (χ3v) is 4.11. The quantitative estimate of drug-likeness (QED) is 0.448. The van der Waals surface area contributed by atoms with Gasteiger partial charge in [0, 0.05) is 6.42 Å². The van der Waals surface area contributed by atoms with Crippen LogP contribution in [0.15, 0.2) is 60.7 Å². The van der Waals surface area contributed by atoms with Crippen LogP contribution in [0.2, 0.25) is 0 Å². The van der Waals surface area contributed by atoms with Gasteiger partial charge in [0.1, 0.15) is 6.10 Å². The molecular weight excluding hydrogens is 306 g/mol. The van der Waals surface area contributed by atoms with Gasteiger partial charge in [0.2, 0.25) is 0 Å². The summed E-state index contributed by atoms with van der Waals surface area (Å²) in [6, 6.07) is 18.3. The molecule has 0 aromatic heterocycles. The molecule has 1 atom stereocenters. The maximum Gasteiger partial charge on any atom is 0.277 e. The normalized spacial score (nSPS) is 13.0. The van der Waals surface area contributed by atoms with Gasteiger partial charge in [-0.2, -0.15) is 0 Å². The Bertz CT molecular complexity index is 569. The fourth-order valence-electron chi connectivity index (χ4n) is 2.76. The molecule has 3 heteroatoms. The van der Waals surface area contributed by atoms with Crippen LogP contribution in [0.25, 0.3) is 0 Å². The second-order valence-electron chi connectivity index (χ2n) is 6.16. The number of benzene rings is 2. The standard InChI is InChI=1S/C21H26F2O/c1-2-3-4-11-16-21(22,23)20(19-14-9-6-10-15-19)24-17-18-12-7-5-8-13-18/h5-10,12-15,20H,2-4,11,16-17H2,1H3. The van der Waals surface area contributed by atoms with E-state index in [9.17, 15) is 8.78 Å². The molecule has 0 aliphatic carbocycles. The fourth-order valence-corrected chi connectivity index (χ4v) is 2.76. The lowest BCUT2D eigenvalue weighted by Gasteiger charge is -2.27. The van der Waals surface area contributed by atoms with Crippen molar-refractivity contribution < 1.29 is 13.5 Å². The summed E-state index contributed by atoms with van der Waals surface area (Å²) in [6.07, 6.45) is 2.06. The van der Waals surface area contributed by atoms with Crippen molar-refractivity contribution in [2.45, 2.75) is 57.7 Å². The molecule has 0 radical (unpaired) electrons. The third kappa shape index (κ3) is 5.72. The number of ether oxygens (including phenoxy) is 1. The van der Waals surface area contributed by atoms with E-state index in [2.05, 4.69) is 6.92 Å². The molecule has 1 nitrogen and oxygen atoms in total. The SMILES string of the molecule is CCCCCCC(F)(F)C(OCc1ccccc1)c1ccccc1. The zero-order chi connectivity index (χ0) is 17.3. The smallest absolute Gasteiger partial charge is 0.277 e. The first-order valence-electron chi connectivity index (χ1n) is 8.72. The molecule has 130 valence electrons. The van der Waals surface area contributed by atoms with Crippen molar-refractivity contribution in [2.24, 2.45) is 0 Å². The minimum atomic E-state index is -2.87. The lowest BCUT2D eigenvalue weighted by atomic mass is 9.98. The summed E-state index contributed by atoms with van der Waals surface area (Å²) >= 11 is 0. The predicted molar refractivity (Wildman–Crippen MR) is 94.1 cm³/mol. The summed E-state index contributed by atoms with van der Waals surface area (Å²) in [5, 5.41) is 0. The molecule has 2 aromatic rings. The number of hydrogen-bond donors (Lipinski definition) is 0. The molecule has 0 N–H and O–H groups in total. The molecule has 1 unspecified atom stereocenters. The first-order valence-corrected chi connectivity index (χ1v) is 8.72. The Labute approximate surface area is 143 Å². The predicted octanol–water partition coefficient (Wildman–Crippen LogP) is 6.55. The van der Waals surface area contributed by atoms with Gasteiger partial charge >= 0.3 is 0 Å². The van der Waals surface area contributed by atoms with Gasteiger partial charge < -0.3 is 4.74 Å². The number of alkyl halides is 2. The fraction of sp³-hybridized carbons (Fsp3) is 0.429. The molecular formula is C21H26F2O. The second-order valence-corrected chi connectivity index (χ2v) is 6.16. The van der Waals surface area contributed by atoms with Gasteiger partial charge in [-0.25, -0.2) is 8.78 Å². The van der Waals surface area contributed by atoms with Crippen molar-refractivity contribution in [2.75, 3.05) is 0 Å². The molecule has 0 bridgehead atoms. The first kappa shape index (κ1) is 18.6. The van der Waals surface area contributed by atoms with Gasteiger partial charge in [-0.3, -0.25) is 0 Å². The summed E-state index contributed by atoms with van der Waals surface area (Å²) < 4.78 is 35.2. The van der Waals surface area contributed by atoms with Gasteiger partial charge in [-0.15, -0.1) is 0 Å². The molecule has 0 spiro atoms. The van der Waals surface area contributed by atoms with Crippen molar-refractivity contribution in [3.05, 3.63) is 71.8 Å². The monoisotopic (exact) mass is 332 g/mol. The van der Waals surface area contributed by atoms with E-state index in [1.54, 1.807) is 24.3 Å². The maximum atomic E-state index is 14.8. The van der Waals surface area contributed by atoms with Crippen LogP contribution in [0.1, 0.15) is 56.3 Å². The van der Waals surface area contributed by atoms with Crippen LogP contribution in [0.4, 0.5) is 8.78 Å².